The van der Waals surface area contributed by atoms with Crippen molar-refractivity contribution < 1.29 is 0 Å². The second-order valence-electron chi connectivity index (χ2n) is 4.95. The maximum atomic E-state index is 9.03. The lowest BCUT2D eigenvalue weighted by Gasteiger charge is -2.07. The third-order valence-corrected chi connectivity index (χ3v) is 3.87. The zero-order valence-electron chi connectivity index (χ0n) is 9.90. The average Bonchev–Trinajstić information content (AvgIpc) is 2.90. The molecule has 3 heteroatoms. The van der Waals surface area contributed by atoms with Crippen molar-refractivity contribution in [1.29, 1.82) is 5.26 Å². The van der Waals surface area contributed by atoms with Gasteiger partial charge in [0, 0.05) is 12.7 Å². The van der Waals surface area contributed by atoms with E-state index in [4.69, 9.17) is 5.26 Å². The lowest BCUT2D eigenvalue weighted by atomic mass is 9.98. The minimum Gasteiger partial charge on any atom is -0.316 e. The van der Waals surface area contributed by atoms with E-state index in [0.717, 1.165) is 36.7 Å². The van der Waals surface area contributed by atoms with Crippen LogP contribution in [0.4, 0.5) is 0 Å². The third kappa shape index (κ3) is 1.75. The molecule has 2 heterocycles. The van der Waals surface area contributed by atoms with Crippen LogP contribution in [0.15, 0.2) is 18.3 Å². The summed E-state index contributed by atoms with van der Waals surface area (Å²) in [5.74, 6) is 1.42. The van der Waals surface area contributed by atoms with E-state index >= 15 is 0 Å². The normalized spacial score (nSPS) is 26.5. The molecule has 1 aromatic rings. The predicted molar refractivity (Wildman–Crippen MR) is 66.1 cm³/mol. The van der Waals surface area contributed by atoms with Crippen LogP contribution in [-0.4, -0.2) is 18.1 Å². The first-order valence-electron chi connectivity index (χ1n) is 6.06. The number of nitrogens with zero attached hydrogens (tertiary/aromatic N) is 2. The van der Waals surface area contributed by atoms with Gasteiger partial charge in [-0.3, -0.25) is 4.98 Å². The van der Waals surface area contributed by atoms with Gasteiger partial charge in [0.15, 0.2) is 0 Å². The molecule has 0 unspecified atom stereocenters. The van der Waals surface area contributed by atoms with Crippen LogP contribution in [0.5, 0.6) is 0 Å². The molecule has 2 aliphatic rings. The number of hydrogen-bond donors (Lipinski definition) is 1. The second-order valence-corrected chi connectivity index (χ2v) is 4.95. The lowest BCUT2D eigenvalue weighted by Crippen LogP contribution is -2.09. The molecule has 1 aliphatic carbocycles. The highest BCUT2D eigenvalue weighted by molar-refractivity contribution is 5.69. The first-order valence-corrected chi connectivity index (χ1v) is 6.06. The van der Waals surface area contributed by atoms with Crippen molar-refractivity contribution in [1.82, 2.24) is 10.3 Å². The molecule has 0 aromatic carbocycles. The Morgan fingerprint density at radius 3 is 3.12 bits per heavy atom. The number of nitriles is 1. The summed E-state index contributed by atoms with van der Waals surface area (Å²) in [7, 11) is 0. The molecule has 3 rings (SSSR count). The Morgan fingerprint density at radius 1 is 1.47 bits per heavy atom. The van der Waals surface area contributed by atoms with Crippen LogP contribution in [0.3, 0.4) is 0 Å². The summed E-state index contributed by atoms with van der Waals surface area (Å²) in [6.45, 7) is 4.09. The fourth-order valence-corrected chi connectivity index (χ4v) is 2.82. The highest BCUT2D eigenvalue weighted by Gasteiger charge is 2.31. The van der Waals surface area contributed by atoms with Crippen molar-refractivity contribution in [2.45, 2.75) is 13.3 Å². The fraction of sp³-hybridized carbons (Fsp3) is 0.429. The summed E-state index contributed by atoms with van der Waals surface area (Å²) >= 11 is 0. The first-order chi connectivity index (χ1) is 8.28. The van der Waals surface area contributed by atoms with Crippen LogP contribution in [0, 0.1) is 30.1 Å². The summed E-state index contributed by atoms with van der Waals surface area (Å²) in [5, 5.41) is 12.4. The van der Waals surface area contributed by atoms with Crippen LogP contribution in [0.25, 0.3) is 5.57 Å². The third-order valence-electron chi connectivity index (χ3n) is 3.87. The Morgan fingerprint density at radius 2 is 2.35 bits per heavy atom. The van der Waals surface area contributed by atoms with Gasteiger partial charge < -0.3 is 5.32 Å². The average molecular weight is 225 g/mol. The standard InChI is InChI=1S/C14H15N3/c1-9-11(5-15)4-14(8-17-9)10-2-12-6-16-7-13(12)3-10/h2,4,8,12-13,16H,3,6-7H2,1H3/t12-,13+/m0/s1. The quantitative estimate of drug-likeness (QED) is 0.794. The SMILES string of the molecule is Cc1ncc(C2=C[C@H]3CNC[C@H]3C2)cc1C#N. The van der Waals surface area contributed by atoms with Crippen LogP contribution >= 0.6 is 0 Å². The molecule has 1 saturated heterocycles. The van der Waals surface area contributed by atoms with E-state index in [1.165, 1.54) is 5.57 Å². The minimum atomic E-state index is 0.678. The zero-order valence-corrected chi connectivity index (χ0v) is 9.90. The number of pyridine rings is 1. The summed E-state index contributed by atoms with van der Waals surface area (Å²) in [5.41, 5.74) is 4.00. The van der Waals surface area contributed by atoms with Gasteiger partial charge in [0.05, 0.1) is 11.3 Å². The van der Waals surface area contributed by atoms with Crippen molar-refractivity contribution in [3.05, 3.63) is 35.2 Å². The number of fused-ring (bicyclic) bond motifs is 1. The van der Waals surface area contributed by atoms with Crippen LogP contribution in [0.2, 0.25) is 0 Å². The number of aromatic nitrogens is 1. The van der Waals surface area contributed by atoms with Gasteiger partial charge in [0.2, 0.25) is 0 Å². The molecular weight excluding hydrogens is 210 g/mol. The number of allylic oxidation sites excluding steroid dienone is 1. The van der Waals surface area contributed by atoms with Crippen LogP contribution in [0.1, 0.15) is 23.2 Å². The summed E-state index contributed by atoms with van der Waals surface area (Å²) in [6.07, 6.45) is 5.38. The molecule has 17 heavy (non-hydrogen) atoms. The molecule has 2 atom stereocenters. The van der Waals surface area contributed by atoms with E-state index in [2.05, 4.69) is 22.4 Å². The molecule has 1 fully saturated rings. The van der Waals surface area contributed by atoms with Crippen molar-refractivity contribution in [2.24, 2.45) is 11.8 Å². The van der Waals surface area contributed by atoms with E-state index in [9.17, 15) is 0 Å². The van der Waals surface area contributed by atoms with E-state index in [0.29, 0.717) is 11.5 Å². The number of nitrogens with one attached hydrogen (secondary N) is 1. The Bertz CT molecular complexity index is 525. The Labute approximate surface area is 101 Å². The molecule has 0 radical (unpaired) electrons. The number of rotatable bonds is 1. The van der Waals surface area contributed by atoms with Crippen molar-refractivity contribution in [2.75, 3.05) is 13.1 Å². The van der Waals surface area contributed by atoms with E-state index in [1.807, 2.05) is 19.2 Å². The smallest absolute Gasteiger partial charge is 0.101 e. The molecule has 86 valence electrons. The fourth-order valence-electron chi connectivity index (χ4n) is 2.82. The first kappa shape index (κ1) is 10.5. The molecule has 1 aromatic heterocycles. The zero-order chi connectivity index (χ0) is 11.8. The van der Waals surface area contributed by atoms with Gasteiger partial charge in [-0.25, -0.2) is 0 Å². The van der Waals surface area contributed by atoms with Crippen molar-refractivity contribution >= 4 is 5.57 Å². The van der Waals surface area contributed by atoms with Gasteiger partial charge in [-0.1, -0.05) is 6.08 Å². The predicted octanol–water partition coefficient (Wildman–Crippen LogP) is 1.88. The van der Waals surface area contributed by atoms with E-state index < -0.39 is 0 Å². The second kappa shape index (κ2) is 3.97. The van der Waals surface area contributed by atoms with Gasteiger partial charge >= 0.3 is 0 Å². The van der Waals surface area contributed by atoms with E-state index in [1.54, 1.807) is 0 Å². The monoisotopic (exact) mass is 225 g/mol. The highest BCUT2D eigenvalue weighted by Crippen LogP contribution is 2.38. The molecule has 3 nitrogen and oxygen atoms in total. The molecule has 0 spiro atoms. The number of hydrogen-bond acceptors (Lipinski definition) is 3. The van der Waals surface area contributed by atoms with Crippen LogP contribution in [-0.2, 0) is 0 Å². The highest BCUT2D eigenvalue weighted by atomic mass is 14.9. The van der Waals surface area contributed by atoms with Gasteiger partial charge in [-0.05, 0) is 48.9 Å². The Kier molecular flexibility index (Phi) is 2.45. The molecule has 1 aliphatic heterocycles. The van der Waals surface area contributed by atoms with Gasteiger partial charge in [0.1, 0.15) is 6.07 Å². The summed E-state index contributed by atoms with van der Waals surface area (Å²) in [6, 6.07) is 4.18. The topological polar surface area (TPSA) is 48.7 Å². The molecule has 1 N–H and O–H groups in total. The van der Waals surface area contributed by atoms with Gasteiger partial charge in [-0.2, -0.15) is 5.26 Å². The maximum absolute atomic E-state index is 9.03. The largest absolute Gasteiger partial charge is 0.316 e. The molecule has 0 saturated carbocycles. The molecule has 0 amide bonds. The van der Waals surface area contributed by atoms with Crippen molar-refractivity contribution in [3.8, 4) is 6.07 Å². The van der Waals surface area contributed by atoms with Gasteiger partial charge in [0.25, 0.3) is 0 Å². The maximum Gasteiger partial charge on any atom is 0.101 e. The molecule has 0 bridgehead atoms. The Balaban J connectivity index is 1.93. The van der Waals surface area contributed by atoms with Crippen molar-refractivity contribution in [3.63, 3.8) is 0 Å². The molecular formula is C14H15N3. The minimum absolute atomic E-state index is 0.678. The number of aryl methyl sites for hydroxylation is 1. The summed E-state index contributed by atoms with van der Waals surface area (Å²) in [4.78, 5) is 4.31. The van der Waals surface area contributed by atoms with Gasteiger partial charge in [-0.15, -0.1) is 0 Å². The Hall–Kier alpha value is -1.66. The summed E-state index contributed by atoms with van der Waals surface area (Å²) < 4.78 is 0. The van der Waals surface area contributed by atoms with Crippen LogP contribution < -0.4 is 5.32 Å². The lowest BCUT2D eigenvalue weighted by molar-refractivity contribution is 0.536. The van der Waals surface area contributed by atoms with E-state index in [-0.39, 0.29) is 0 Å².